The highest BCUT2D eigenvalue weighted by molar-refractivity contribution is 6.17. The number of hydrogen-bond acceptors (Lipinski definition) is 2. The topological polar surface area (TPSA) is 52.0 Å². The number of benzene rings is 1. The van der Waals surface area contributed by atoms with Crippen molar-refractivity contribution >= 4 is 29.1 Å². The normalized spacial score (nSPS) is 11.0. The zero-order chi connectivity index (χ0) is 10.6. The molecule has 0 fully saturated rings. The van der Waals surface area contributed by atoms with Gasteiger partial charge in [-0.15, -0.1) is 11.6 Å². The molecule has 14 heavy (non-hydrogen) atoms. The van der Waals surface area contributed by atoms with E-state index in [1.54, 1.807) is 0 Å². The van der Waals surface area contributed by atoms with E-state index in [4.69, 9.17) is 23.1 Å². The van der Waals surface area contributed by atoms with Gasteiger partial charge in [0.1, 0.15) is 0 Å². The predicted molar refractivity (Wildman–Crippen MR) is 64.4 cm³/mol. The molecule has 0 spiro atoms. The molecule has 0 saturated heterocycles. The zero-order valence-electron chi connectivity index (χ0n) is 8.26. The van der Waals surface area contributed by atoms with Gasteiger partial charge in [0.05, 0.1) is 11.4 Å². The number of allylic oxidation sites excluding steroid dienone is 1. The monoisotopic (exact) mass is 210 g/mol. The largest absolute Gasteiger partial charge is 0.397 e. The molecule has 0 aromatic heterocycles. The first kappa shape index (κ1) is 10.9. The Morgan fingerprint density at radius 3 is 2.64 bits per heavy atom. The van der Waals surface area contributed by atoms with Gasteiger partial charge in [-0.3, -0.25) is 0 Å². The SMILES string of the molecule is Cc1cc(C=CCCCl)cc(N)c1N. The van der Waals surface area contributed by atoms with Crippen LogP contribution in [0.2, 0.25) is 0 Å². The maximum absolute atomic E-state index is 5.74. The van der Waals surface area contributed by atoms with Crippen molar-refractivity contribution in [3.8, 4) is 0 Å². The highest BCUT2D eigenvalue weighted by Crippen LogP contribution is 2.22. The van der Waals surface area contributed by atoms with Crippen molar-refractivity contribution in [3.63, 3.8) is 0 Å². The lowest BCUT2D eigenvalue weighted by molar-refractivity contribution is 1.24. The van der Waals surface area contributed by atoms with Gasteiger partial charge in [0, 0.05) is 5.88 Å². The second-order valence-electron chi connectivity index (χ2n) is 3.22. The summed E-state index contributed by atoms with van der Waals surface area (Å²) in [5, 5.41) is 0. The molecule has 0 saturated carbocycles. The molecule has 1 aromatic rings. The van der Waals surface area contributed by atoms with E-state index >= 15 is 0 Å². The van der Waals surface area contributed by atoms with Crippen molar-refractivity contribution in [2.75, 3.05) is 17.3 Å². The van der Waals surface area contributed by atoms with Gasteiger partial charge >= 0.3 is 0 Å². The summed E-state index contributed by atoms with van der Waals surface area (Å²) in [7, 11) is 0. The lowest BCUT2D eigenvalue weighted by Gasteiger charge is -2.05. The third-order valence-electron chi connectivity index (χ3n) is 2.03. The van der Waals surface area contributed by atoms with Crippen LogP contribution in [0.3, 0.4) is 0 Å². The number of anilines is 2. The molecule has 0 atom stereocenters. The fourth-order valence-electron chi connectivity index (χ4n) is 1.23. The molecule has 3 heteroatoms. The van der Waals surface area contributed by atoms with Gasteiger partial charge in [0.2, 0.25) is 0 Å². The average Bonchev–Trinajstić information content (AvgIpc) is 2.14. The van der Waals surface area contributed by atoms with E-state index in [1.807, 2.05) is 31.2 Å². The molecular weight excluding hydrogens is 196 g/mol. The van der Waals surface area contributed by atoms with Crippen molar-refractivity contribution in [3.05, 3.63) is 29.3 Å². The van der Waals surface area contributed by atoms with Gasteiger partial charge in [-0.25, -0.2) is 0 Å². The van der Waals surface area contributed by atoms with Crippen molar-refractivity contribution in [2.24, 2.45) is 0 Å². The number of hydrogen-bond donors (Lipinski definition) is 2. The second-order valence-corrected chi connectivity index (χ2v) is 3.60. The smallest absolute Gasteiger partial charge is 0.0577 e. The molecule has 0 bridgehead atoms. The van der Waals surface area contributed by atoms with E-state index in [2.05, 4.69) is 0 Å². The minimum atomic E-state index is 0.635. The highest BCUT2D eigenvalue weighted by Gasteiger charge is 1.99. The van der Waals surface area contributed by atoms with Gasteiger partial charge in [-0.1, -0.05) is 12.2 Å². The number of nitrogen functional groups attached to an aromatic ring is 2. The maximum Gasteiger partial charge on any atom is 0.0577 e. The zero-order valence-corrected chi connectivity index (χ0v) is 9.01. The molecule has 1 rings (SSSR count). The van der Waals surface area contributed by atoms with Gasteiger partial charge < -0.3 is 11.5 Å². The number of halogens is 1. The van der Waals surface area contributed by atoms with E-state index in [1.165, 1.54) is 0 Å². The summed E-state index contributed by atoms with van der Waals surface area (Å²) < 4.78 is 0. The Labute approximate surface area is 89.5 Å². The highest BCUT2D eigenvalue weighted by atomic mass is 35.5. The summed E-state index contributed by atoms with van der Waals surface area (Å²) >= 11 is 5.56. The van der Waals surface area contributed by atoms with Gasteiger partial charge in [0.15, 0.2) is 0 Å². The van der Waals surface area contributed by atoms with Crippen molar-refractivity contribution in [1.29, 1.82) is 0 Å². The first-order valence-electron chi connectivity index (χ1n) is 4.53. The molecule has 0 aliphatic rings. The molecule has 0 aliphatic carbocycles. The summed E-state index contributed by atoms with van der Waals surface area (Å²) in [5.41, 5.74) is 14.9. The Morgan fingerprint density at radius 2 is 2.07 bits per heavy atom. The Hall–Kier alpha value is -1.15. The summed E-state index contributed by atoms with van der Waals surface area (Å²) in [6, 6.07) is 3.88. The van der Waals surface area contributed by atoms with Gasteiger partial charge in [-0.2, -0.15) is 0 Å². The molecule has 76 valence electrons. The van der Waals surface area contributed by atoms with E-state index in [-0.39, 0.29) is 0 Å². The fourth-order valence-corrected chi connectivity index (χ4v) is 1.36. The number of rotatable bonds is 3. The summed E-state index contributed by atoms with van der Waals surface area (Å²) in [6.07, 6.45) is 4.90. The first-order chi connectivity index (χ1) is 6.65. The third kappa shape index (κ3) is 2.67. The van der Waals surface area contributed by atoms with Crippen LogP contribution in [0.1, 0.15) is 17.5 Å². The van der Waals surface area contributed by atoms with Crippen LogP contribution in [0, 0.1) is 6.92 Å². The minimum absolute atomic E-state index is 0.635. The second kappa shape index (κ2) is 4.91. The van der Waals surface area contributed by atoms with Crippen LogP contribution in [0.4, 0.5) is 11.4 Å². The summed E-state index contributed by atoms with van der Waals surface area (Å²) in [4.78, 5) is 0. The Balaban J connectivity index is 2.89. The molecule has 0 aliphatic heterocycles. The van der Waals surface area contributed by atoms with Crippen molar-refractivity contribution < 1.29 is 0 Å². The minimum Gasteiger partial charge on any atom is -0.397 e. The predicted octanol–water partition coefficient (Wildman–Crippen LogP) is 2.80. The average molecular weight is 211 g/mol. The quantitative estimate of drug-likeness (QED) is 0.596. The Kier molecular flexibility index (Phi) is 3.84. The van der Waals surface area contributed by atoms with Crippen LogP contribution < -0.4 is 11.5 Å². The molecule has 0 radical (unpaired) electrons. The van der Waals surface area contributed by atoms with E-state index in [0.29, 0.717) is 17.3 Å². The summed E-state index contributed by atoms with van der Waals surface area (Å²) in [6.45, 7) is 1.95. The van der Waals surface area contributed by atoms with Crippen LogP contribution >= 0.6 is 11.6 Å². The van der Waals surface area contributed by atoms with Crippen LogP contribution in [0.25, 0.3) is 6.08 Å². The Morgan fingerprint density at radius 1 is 1.36 bits per heavy atom. The molecule has 2 nitrogen and oxygen atoms in total. The van der Waals surface area contributed by atoms with E-state index in [9.17, 15) is 0 Å². The molecule has 1 aromatic carbocycles. The van der Waals surface area contributed by atoms with E-state index in [0.717, 1.165) is 17.5 Å². The van der Waals surface area contributed by atoms with Crippen LogP contribution in [-0.4, -0.2) is 5.88 Å². The third-order valence-corrected chi connectivity index (χ3v) is 2.25. The van der Waals surface area contributed by atoms with Crippen LogP contribution in [0.15, 0.2) is 18.2 Å². The number of nitrogens with two attached hydrogens (primary N) is 2. The molecule has 4 N–H and O–H groups in total. The molecule has 0 unspecified atom stereocenters. The number of aryl methyl sites for hydroxylation is 1. The van der Waals surface area contributed by atoms with Gasteiger partial charge in [-0.05, 0) is 36.6 Å². The van der Waals surface area contributed by atoms with Crippen molar-refractivity contribution in [1.82, 2.24) is 0 Å². The molecular formula is C11H15ClN2. The van der Waals surface area contributed by atoms with E-state index < -0.39 is 0 Å². The summed E-state index contributed by atoms with van der Waals surface area (Å²) in [5.74, 6) is 0.639. The standard InChI is InChI=1S/C11H15ClN2/c1-8-6-9(4-2-3-5-12)7-10(13)11(8)14/h2,4,6-7H,3,5,13-14H2,1H3. The molecule has 0 heterocycles. The van der Waals surface area contributed by atoms with Crippen LogP contribution in [0.5, 0.6) is 0 Å². The number of alkyl halides is 1. The van der Waals surface area contributed by atoms with Gasteiger partial charge in [0.25, 0.3) is 0 Å². The van der Waals surface area contributed by atoms with Crippen LogP contribution in [-0.2, 0) is 0 Å². The lowest BCUT2D eigenvalue weighted by Crippen LogP contribution is -1.97. The lowest BCUT2D eigenvalue weighted by atomic mass is 10.1. The first-order valence-corrected chi connectivity index (χ1v) is 5.06. The fraction of sp³-hybridized carbons (Fsp3) is 0.273. The van der Waals surface area contributed by atoms with Crippen molar-refractivity contribution in [2.45, 2.75) is 13.3 Å². The Bertz CT molecular complexity index is 322. The molecule has 0 amide bonds. The maximum atomic E-state index is 5.74.